The summed E-state index contributed by atoms with van der Waals surface area (Å²) in [6, 6.07) is 8.25. The molecule has 1 saturated heterocycles. The number of nitrogens with zero attached hydrogens (tertiary/aromatic N) is 2. The van der Waals surface area contributed by atoms with Crippen molar-refractivity contribution in [3.63, 3.8) is 0 Å². The van der Waals surface area contributed by atoms with Crippen molar-refractivity contribution in [1.82, 2.24) is 20.2 Å². The molecule has 1 fully saturated rings. The highest BCUT2D eigenvalue weighted by atomic mass is 32.2. The first-order valence-corrected chi connectivity index (χ1v) is 9.10. The summed E-state index contributed by atoms with van der Waals surface area (Å²) in [4.78, 5) is 17.0. The Balaban J connectivity index is 1.76. The third-order valence-electron chi connectivity index (χ3n) is 3.97. The number of amides is 1. The van der Waals surface area contributed by atoms with Gasteiger partial charge in [0, 0.05) is 12.6 Å². The van der Waals surface area contributed by atoms with Gasteiger partial charge in [0.1, 0.15) is 12.4 Å². The molecule has 3 rings (SSSR count). The number of carbonyl (C=O) groups is 1. The number of benzene rings is 1. The highest BCUT2D eigenvalue weighted by Gasteiger charge is 2.17. The van der Waals surface area contributed by atoms with Crippen molar-refractivity contribution in [2.75, 3.05) is 19.3 Å². The Labute approximate surface area is 134 Å². The zero-order valence-corrected chi connectivity index (χ0v) is 13.7. The van der Waals surface area contributed by atoms with E-state index in [-0.39, 0.29) is 11.9 Å². The van der Waals surface area contributed by atoms with Crippen LogP contribution in [0.25, 0.3) is 11.0 Å². The molecule has 0 radical (unpaired) electrons. The molecule has 22 heavy (non-hydrogen) atoms. The van der Waals surface area contributed by atoms with Gasteiger partial charge < -0.3 is 15.2 Å². The third-order valence-corrected chi connectivity index (χ3v) is 4.52. The molecule has 0 aliphatic carbocycles. The van der Waals surface area contributed by atoms with Gasteiger partial charge in [-0.05, 0) is 37.8 Å². The van der Waals surface area contributed by atoms with Crippen molar-refractivity contribution in [1.29, 1.82) is 0 Å². The SMILES string of the molecule is CSCc1nc2ccccc2n1CC(=O)NC1CCCNC1. The highest BCUT2D eigenvalue weighted by molar-refractivity contribution is 7.97. The van der Waals surface area contributed by atoms with Crippen LogP contribution in [-0.2, 0) is 17.1 Å². The lowest BCUT2D eigenvalue weighted by Gasteiger charge is -2.24. The van der Waals surface area contributed by atoms with Gasteiger partial charge in [-0.3, -0.25) is 4.79 Å². The Bertz CT molecular complexity index is 649. The largest absolute Gasteiger partial charge is 0.351 e. The first-order chi connectivity index (χ1) is 10.8. The second kappa shape index (κ2) is 7.15. The van der Waals surface area contributed by atoms with E-state index in [1.54, 1.807) is 11.8 Å². The maximum Gasteiger partial charge on any atom is 0.240 e. The summed E-state index contributed by atoms with van der Waals surface area (Å²) in [5.74, 6) is 1.84. The molecule has 2 N–H and O–H groups in total. The molecule has 0 bridgehead atoms. The van der Waals surface area contributed by atoms with E-state index in [0.717, 1.165) is 48.5 Å². The molecule has 0 spiro atoms. The van der Waals surface area contributed by atoms with Crippen molar-refractivity contribution in [3.05, 3.63) is 30.1 Å². The van der Waals surface area contributed by atoms with Gasteiger partial charge in [0.15, 0.2) is 0 Å². The first kappa shape index (κ1) is 15.4. The molecule has 5 nitrogen and oxygen atoms in total. The molecule has 2 aromatic rings. The number of carbonyl (C=O) groups excluding carboxylic acids is 1. The van der Waals surface area contributed by atoms with E-state index in [1.165, 1.54) is 0 Å². The number of imidazole rings is 1. The van der Waals surface area contributed by atoms with Crippen LogP contribution in [0.3, 0.4) is 0 Å². The molecule has 118 valence electrons. The van der Waals surface area contributed by atoms with Crippen LogP contribution >= 0.6 is 11.8 Å². The van der Waals surface area contributed by atoms with Gasteiger partial charge in [0.25, 0.3) is 0 Å². The van der Waals surface area contributed by atoms with Crippen molar-refractivity contribution < 1.29 is 4.79 Å². The molecule has 1 unspecified atom stereocenters. The monoisotopic (exact) mass is 318 g/mol. The molecular formula is C16H22N4OS. The van der Waals surface area contributed by atoms with Gasteiger partial charge in [-0.15, -0.1) is 0 Å². The molecule has 1 aromatic carbocycles. The van der Waals surface area contributed by atoms with Crippen LogP contribution in [0.15, 0.2) is 24.3 Å². The zero-order chi connectivity index (χ0) is 15.4. The summed E-state index contributed by atoms with van der Waals surface area (Å²) in [5.41, 5.74) is 1.99. The highest BCUT2D eigenvalue weighted by Crippen LogP contribution is 2.18. The van der Waals surface area contributed by atoms with Crippen molar-refractivity contribution >= 4 is 28.7 Å². The summed E-state index contributed by atoms with van der Waals surface area (Å²) in [6.45, 7) is 2.26. The number of hydrogen-bond acceptors (Lipinski definition) is 4. The Morgan fingerprint density at radius 3 is 3.14 bits per heavy atom. The van der Waals surface area contributed by atoms with Crippen LogP contribution in [0.1, 0.15) is 18.7 Å². The van der Waals surface area contributed by atoms with Crippen LogP contribution in [0.4, 0.5) is 0 Å². The predicted octanol–water partition coefficient (Wildman–Crippen LogP) is 1.77. The van der Waals surface area contributed by atoms with E-state index in [2.05, 4.69) is 21.9 Å². The first-order valence-electron chi connectivity index (χ1n) is 7.71. The fourth-order valence-electron chi connectivity index (χ4n) is 2.93. The van der Waals surface area contributed by atoms with Crippen LogP contribution in [-0.4, -0.2) is 40.8 Å². The van der Waals surface area contributed by atoms with E-state index in [0.29, 0.717) is 6.54 Å². The van der Waals surface area contributed by atoms with Crippen molar-refractivity contribution in [2.45, 2.75) is 31.2 Å². The fraction of sp³-hybridized carbons (Fsp3) is 0.500. The standard InChI is InChI=1S/C16H22N4OS/c1-22-11-15-19-13-6-2-3-7-14(13)20(15)10-16(21)18-12-5-4-8-17-9-12/h2-3,6-7,12,17H,4-5,8-11H2,1H3,(H,18,21). The Hall–Kier alpha value is -1.53. The number of nitrogens with one attached hydrogen (secondary N) is 2. The minimum Gasteiger partial charge on any atom is -0.351 e. The maximum absolute atomic E-state index is 12.4. The average Bonchev–Trinajstić information content (AvgIpc) is 2.86. The number of fused-ring (bicyclic) bond motifs is 1. The summed E-state index contributed by atoms with van der Waals surface area (Å²) >= 11 is 1.72. The topological polar surface area (TPSA) is 59.0 Å². The molecule has 1 atom stereocenters. The molecule has 0 saturated carbocycles. The molecule has 2 heterocycles. The molecule has 1 aromatic heterocycles. The summed E-state index contributed by atoms with van der Waals surface area (Å²) in [7, 11) is 0. The molecule has 1 amide bonds. The van der Waals surface area contributed by atoms with Gasteiger partial charge in [-0.2, -0.15) is 11.8 Å². The van der Waals surface area contributed by atoms with Gasteiger partial charge in [0.05, 0.1) is 16.8 Å². The van der Waals surface area contributed by atoms with Gasteiger partial charge in [0.2, 0.25) is 5.91 Å². The second-order valence-corrected chi connectivity index (χ2v) is 6.51. The summed E-state index contributed by atoms with van der Waals surface area (Å²) in [5, 5.41) is 6.46. The molecule has 1 aliphatic rings. The minimum absolute atomic E-state index is 0.0687. The van der Waals surface area contributed by atoms with Crippen LogP contribution < -0.4 is 10.6 Å². The lowest BCUT2D eigenvalue weighted by molar-refractivity contribution is -0.122. The number of thioether (sulfide) groups is 1. The van der Waals surface area contributed by atoms with Crippen LogP contribution in [0.2, 0.25) is 0 Å². The fourth-order valence-corrected chi connectivity index (χ4v) is 3.41. The molecule has 1 aliphatic heterocycles. The number of rotatable bonds is 5. The van der Waals surface area contributed by atoms with E-state index in [9.17, 15) is 4.79 Å². The Morgan fingerprint density at radius 1 is 1.50 bits per heavy atom. The Kier molecular flexibility index (Phi) is 5.00. The number of aromatic nitrogens is 2. The van der Waals surface area contributed by atoms with E-state index >= 15 is 0 Å². The maximum atomic E-state index is 12.4. The quantitative estimate of drug-likeness (QED) is 0.882. The van der Waals surface area contributed by atoms with Gasteiger partial charge in [-0.1, -0.05) is 12.1 Å². The van der Waals surface area contributed by atoms with E-state index < -0.39 is 0 Å². The van der Waals surface area contributed by atoms with Gasteiger partial charge >= 0.3 is 0 Å². The number of hydrogen-bond donors (Lipinski definition) is 2. The minimum atomic E-state index is 0.0687. The predicted molar refractivity (Wildman–Crippen MR) is 91.0 cm³/mol. The second-order valence-electron chi connectivity index (χ2n) is 5.65. The Morgan fingerprint density at radius 2 is 2.36 bits per heavy atom. The van der Waals surface area contributed by atoms with Crippen LogP contribution in [0.5, 0.6) is 0 Å². The third kappa shape index (κ3) is 3.44. The number of para-hydroxylation sites is 2. The van der Waals surface area contributed by atoms with Crippen molar-refractivity contribution in [3.8, 4) is 0 Å². The lowest BCUT2D eigenvalue weighted by atomic mass is 10.1. The molecular weight excluding hydrogens is 296 g/mol. The normalized spacial score (nSPS) is 18.5. The van der Waals surface area contributed by atoms with Crippen molar-refractivity contribution in [2.24, 2.45) is 0 Å². The number of piperidine rings is 1. The van der Waals surface area contributed by atoms with Gasteiger partial charge in [-0.25, -0.2) is 4.98 Å². The lowest BCUT2D eigenvalue weighted by Crippen LogP contribution is -2.46. The summed E-state index contributed by atoms with van der Waals surface area (Å²) in [6.07, 6.45) is 4.23. The zero-order valence-electron chi connectivity index (χ0n) is 12.8. The average molecular weight is 318 g/mol. The smallest absolute Gasteiger partial charge is 0.240 e. The van der Waals surface area contributed by atoms with E-state index in [1.807, 2.05) is 28.8 Å². The molecule has 6 heteroatoms. The van der Waals surface area contributed by atoms with E-state index in [4.69, 9.17) is 0 Å². The van der Waals surface area contributed by atoms with Crippen LogP contribution in [0, 0.1) is 0 Å². The summed E-state index contributed by atoms with van der Waals surface area (Å²) < 4.78 is 2.04.